The van der Waals surface area contributed by atoms with Gasteiger partial charge in [0.2, 0.25) is 0 Å². The molecule has 7 heteroatoms. The SMILES string of the molecule is CC(C)(C)OC(=O)NC(CN)CC1CCS(=O)(=O)C1. The number of alkyl carbamates (subject to hydrolysis) is 1. The van der Waals surface area contributed by atoms with Gasteiger partial charge in [-0.3, -0.25) is 0 Å². The lowest BCUT2D eigenvalue weighted by molar-refractivity contribution is 0.0500. The molecule has 3 N–H and O–H groups in total. The molecule has 1 saturated heterocycles. The van der Waals surface area contributed by atoms with E-state index in [1.807, 2.05) is 0 Å². The van der Waals surface area contributed by atoms with Gasteiger partial charge in [-0.05, 0) is 39.5 Å². The van der Waals surface area contributed by atoms with Crippen molar-refractivity contribution in [2.24, 2.45) is 11.7 Å². The van der Waals surface area contributed by atoms with E-state index in [4.69, 9.17) is 10.5 Å². The Kier molecular flexibility index (Phi) is 5.20. The van der Waals surface area contributed by atoms with Crippen LogP contribution in [0.5, 0.6) is 0 Å². The second-order valence-corrected chi connectivity index (χ2v) is 8.31. The summed E-state index contributed by atoms with van der Waals surface area (Å²) in [5.74, 6) is 0.509. The molecule has 0 aromatic rings. The first-order valence-corrected chi connectivity index (χ1v) is 8.33. The lowest BCUT2D eigenvalue weighted by Crippen LogP contribution is -2.44. The van der Waals surface area contributed by atoms with Gasteiger partial charge in [0.25, 0.3) is 0 Å². The average molecular weight is 292 g/mol. The molecule has 1 amide bonds. The van der Waals surface area contributed by atoms with E-state index < -0.39 is 21.5 Å². The number of rotatable bonds is 4. The van der Waals surface area contributed by atoms with Crippen LogP contribution in [0.25, 0.3) is 0 Å². The molecule has 2 unspecified atom stereocenters. The lowest BCUT2D eigenvalue weighted by Gasteiger charge is -2.24. The first kappa shape index (κ1) is 16.2. The Morgan fingerprint density at radius 3 is 2.53 bits per heavy atom. The zero-order chi connectivity index (χ0) is 14.7. The van der Waals surface area contributed by atoms with Crippen molar-refractivity contribution >= 4 is 15.9 Å². The Labute approximate surface area is 115 Å². The maximum atomic E-state index is 11.6. The van der Waals surface area contributed by atoms with E-state index >= 15 is 0 Å². The summed E-state index contributed by atoms with van der Waals surface area (Å²) in [5, 5.41) is 2.70. The Bertz CT molecular complexity index is 414. The smallest absolute Gasteiger partial charge is 0.407 e. The second kappa shape index (κ2) is 6.09. The number of hydrogen-bond donors (Lipinski definition) is 2. The molecule has 0 radical (unpaired) electrons. The van der Waals surface area contributed by atoms with Crippen LogP contribution < -0.4 is 11.1 Å². The average Bonchev–Trinajstić information content (AvgIpc) is 2.54. The predicted octanol–water partition coefficient (Wildman–Crippen LogP) is 0.663. The second-order valence-electron chi connectivity index (χ2n) is 6.08. The van der Waals surface area contributed by atoms with Gasteiger partial charge in [0.15, 0.2) is 9.84 Å². The first-order chi connectivity index (χ1) is 8.61. The molecule has 0 aromatic carbocycles. The summed E-state index contributed by atoms with van der Waals surface area (Å²) in [5.41, 5.74) is 5.06. The monoisotopic (exact) mass is 292 g/mol. The fraction of sp³-hybridized carbons (Fsp3) is 0.917. The van der Waals surface area contributed by atoms with Crippen molar-refractivity contribution < 1.29 is 17.9 Å². The van der Waals surface area contributed by atoms with E-state index in [2.05, 4.69) is 5.32 Å². The van der Waals surface area contributed by atoms with Crippen LogP contribution in [-0.4, -0.2) is 44.2 Å². The molecule has 0 saturated carbocycles. The third kappa shape index (κ3) is 6.24. The van der Waals surface area contributed by atoms with Gasteiger partial charge in [-0.1, -0.05) is 0 Å². The standard InChI is InChI=1S/C12H24N2O4S/c1-12(2,3)18-11(15)14-10(7-13)6-9-4-5-19(16,17)8-9/h9-10H,4-8,13H2,1-3H3,(H,14,15). The minimum atomic E-state index is -2.89. The van der Waals surface area contributed by atoms with Crippen LogP contribution in [0, 0.1) is 5.92 Å². The van der Waals surface area contributed by atoms with Crippen molar-refractivity contribution in [3.63, 3.8) is 0 Å². The van der Waals surface area contributed by atoms with Crippen LogP contribution in [0.4, 0.5) is 4.79 Å². The molecule has 0 bridgehead atoms. The number of ether oxygens (including phenoxy) is 1. The topological polar surface area (TPSA) is 98.5 Å². The zero-order valence-corrected chi connectivity index (χ0v) is 12.6. The highest BCUT2D eigenvalue weighted by Crippen LogP contribution is 2.22. The van der Waals surface area contributed by atoms with Gasteiger partial charge >= 0.3 is 6.09 Å². The highest BCUT2D eigenvalue weighted by Gasteiger charge is 2.30. The molecule has 19 heavy (non-hydrogen) atoms. The summed E-state index contributed by atoms with van der Waals surface area (Å²) in [6.45, 7) is 5.63. The van der Waals surface area contributed by atoms with Gasteiger partial charge in [0.1, 0.15) is 5.60 Å². The minimum absolute atomic E-state index is 0.0773. The summed E-state index contributed by atoms with van der Waals surface area (Å²) >= 11 is 0. The molecule has 0 spiro atoms. The Morgan fingerprint density at radius 2 is 2.11 bits per heavy atom. The van der Waals surface area contributed by atoms with Gasteiger partial charge < -0.3 is 15.8 Å². The van der Waals surface area contributed by atoms with Crippen LogP contribution in [0.2, 0.25) is 0 Å². The minimum Gasteiger partial charge on any atom is -0.444 e. The van der Waals surface area contributed by atoms with Crippen LogP contribution in [0.15, 0.2) is 0 Å². The first-order valence-electron chi connectivity index (χ1n) is 6.51. The fourth-order valence-corrected chi connectivity index (χ4v) is 4.03. The molecule has 6 nitrogen and oxygen atoms in total. The number of nitrogens with two attached hydrogens (primary N) is 1. The zero-order valence-electron chi connectivity index (χ0n) is 11.8. The molecule has 1 fully saturated rings. The lowest BCUT2D eigenvalue weighted by atomic mass is 9.99. The largest absolute Gasteiger partial charge is 0.444 e. The molecular weight excluding hydrogens is 268 g/mol. The van der Waals surface area contributed by atoms with E-state index in [1.165, 1.54) is 0 Å². The normalized spacial score (nSPS) is 23.9. The Balaban J connectivity index is 2.44. The van der Waals surface area contributed by atoms with Crippen LogP contribution >= 0.6 is 0 Å². The molecule has 0 aromatic heterocycles. The summed E-state index contributed by atoms with van der Waals surface area (Å²) in [6, 6.07) is -0.242. The van der Waals surface area contributed by atoms with Crippen molar-refractivity contribution in [3.05, 3.63) is 0 Å². The van der Waals surface area contributed by atoms with E-state index in [0.717, 1.165) is 0 Å². The van der Waals surface area contributed by atoms with Crippen LogP contribution in [-0.2, 0) is 14.6 Å². The molecule has 2 atom stereocenters. The highest BCUT2D eigenvalue weighted by molar-refractivity contribution is 7.91. The van der Waals surface area contributed by atoms with Gasteiger partial charge in [-0.2, -0.15) is 0 Å². The molecule has 1 heterocycles. The van der Waals surface area contributed by atoms with Crippen molar-refractivity contribution in [1.82, 2.24) is 5.32 Å². The van der Waals surface area contributed by atoms with Crippen molar-refractivity contribution in [2.45, 2.75) is 45.3 Å². The highest BCUT2D eigenvalue weighted by atomic mass is 32.2. The number of carbonyl (C=O) groups is 1. The van der Waals surface area contributed by atoms with Gasteiger partial charge in [0.05, 0.1) is 11.5 Å². The predicted molar refractivity (Wildman–Crippen MR) is 73.6 cm³/mol. The number of sulfone groups is 1. The summed E-state index contributed by atoms with van der Waals surface area (Å²) in [6.07, 6.45) is 0.716. The molecule has 1 aliphatic rings. The third-order valence-electron chi connectivity index (χ3n) is 2.95. The van der Waals surface area contributed by atoms with E-state index in [-0.39, 0.29) is 30.0 Å². The van der Waals surface area contributed by atoms with E-state index in [1.54, 1.807) is 20.8 Å². The Morgan fingerprint density at radius 1 is 1.47 bits per heavy atom. The van der Waals surface area contributed by atoms with E-state index in [9.17, 15) is 13.2 Å². The fourth-order valence-electron chi connectivity index (χ4n) is 2.15. The van der Waals surface area contributed by atoms with E-state index in [0.29, 0.717) is 12.8 Å². The maximum absolute atomic E-state index is 11.6. The molecular formula is C12H24N2O4S. The summed E-state index contributed by atoms with van der Waals surface area (Å²) in [7, 11) is -2.89. The number of carbonyl (C=O) groups excluding carboxylic acids is 1. The van der Waals surface area contributed by atoms with Crippen molar-refractivity contribution in [3.8, 4) is 0 Å². The molecule has 112 valence electrons. The van der Waals surface area contributed by atoms with Crippen molar-refractivity contribution in [1.29, 1.82) is 0 Å². The third-order valence-corrected chi connectivity index (χ3v) is 4.79. The number of amides is 1. The molecule has 0 aliphatic carbocycles. The number of nitrogens with one attached hydrogen (secondary N) is 1. The van der Waals surface area contributed by atoms with Crippen LogP contribution in [0.1, 0.15) is 33.6 Å². The van der Waals surface area contributed by atoms with Gasteiger partial charge in [0, 0.05) is 12.6 Å². The maximum Gasteiger partial charge on any atom is 0.407 e. The summed E-state index contributed by atoms with van der Waals surface area (Å²) < 4.78 is 27.9. The quantitative estimate of drug-likeness (QED) is 0.793. The van der Waals surface area contributed by atoms with Crippen LogP contribution in [0.3, 0.4) is 0 Å². The van der Waals surface area contributed by atoms with Gasteiger partial charge in [-0.25, -0.2) is 13.2 Å². The van der Waals surface area contributed by atoms with Gasteiger partial charge in [-0.15, -0.1) is 0 Å². The molecule has 1 aliphatic heterocycles. The van der Waals surface area contributed by atoms with Crippen molar-refractivity contribution in [2.75, 3.05) is 18.1 Å². The Hall–Kier alpha value is -0.820. The molecule has 1 rings (SSSR count). The summed E-state index contributed by atoms with van der Waals surface area (Å²) in [4.78, 5) is 11.6. The number of hydrogen-bond acceptors (Lipinski definition) is 5.